The van der Waals surface area contributed by atoms with Gasteiger partial charge in [-0.05, 0) is 56.7 Å². The van der Waals surface area contributed by atoms with Crippen molar-refractivity contribution in [2.75, 3.05) is 12.3 Å². The molecule has 1 aromatic rings. The first-order chi connectivity index (χ1) is 9.13. The number of thioether (sulfide) groups is 1. The number of carbonyl (C=O) groups excluding carboxylic acids is 1. The van der Waals surface area contributed by atoms with Crippen LogP contribution in [0.2, 0.25) is 0 Å². The lowest BCUT2D eigenvalue weighted by Crippen LogP contribution is -2.11. The molecule has 1 aromatic carbocycles. The first-order valence-electron chi connectivity index (χ1n) is 6.71. The Bertz CT molecular complexity index is 393. The Hall–Kier alpha value is -1.00. The number of benzene rings is 1. The van der Waals surface area contributed by atoms with Gasteiger partial charge in [0, 0.05) is 5.75 Å². The van der Waals surface area contributed by atoms with Crippen molar-refractivity contribution in [2.45, 2.75) is 38.5 Å². The van der Waals surface area contributed by atoms with Crippen LogP contribution < -0.4 is 5.73 Å². The third-order valence-electron chi connectivity index (χ3n) is 2.52. The summed E-state index contributed by atoms with van der Waals surface area (Å²) >= 11 is 1.87. The Morgan fingerprint density at radius 1 is 1.37 bits per heavy atom. The number of nitrogens with two attached hydrogens (primary N) is 1. The van der Waals surface area contributed by atoms with Gasteiger partial charge in [0.15, 0.2) is 0 Å². The number of esters is 1. The lowest BCUT2D eigenvalue weighted by Gasteiger charge is -2.09. The summed E-state index contributed by atoms with van der Waals surface area (Å²) in [5.41, 5.74) is 7.25. The molecular weight excluding hydrogens is 258 g/mol. The smallest absolute Gasteiger partial charge is 0.338 e. The van der Waals surface area contributed by atoms with E-state index in [1.165, 1.54) is 0 Å². The number of hydrogen-bond acceptors (Lipinski definition) is 4. The third-order valence-corrected chi connectivity index (χ3v) is 3.63. The molecule has 106 valence electrons. The average molecular weight is 281 g/mol. The Labute approximate surface area is 119 Å². The molecule has 0 aliphatic rings. The van der Waals surface area contributed by atoms with Gasteiger partial charge in [-0.15, -0.1) is 0 Å². The minimum absolute atomic E-state index is 0.0817. The molecule has 0 radical (unpaired) electrons. The fraction of sp³-hybridized carbons (Fsp3) is 0.533. The molecular formula is C15H23NO2S. The highest BCUT2D eigenvalue weighted by atomic mass is 32.2. The molecule has 0 fully saturated rings. The zero-order chi connectivity index (χ0) is 14.1. The molecule has 1 rings (SSSR count). The largest absolute Gasteiger partial charge is 0.459 e. The van der Waals surface area contributed by atoms with Crippen LogP contribution in [0, 0.1) is 0 Å². The number of unbranched alkanes of at least 4 members (excludes halogenated alkanes) is 1. The Morgan fingerprint density at radius 2 is 2.16 bits per heavy atom. The Kier molecular flexibility index (Phi) is 7.60. The minimum atomic E-state index is -0.245. The van der Waals surface area contributed by atoms with Gasteiger partial charge in [0.05, 0.1) is 11.7 Å². The topological polar surface area (TPSA) is 52.3 Å². The summed E-state index contributed by atoms with van der Waals surface area (Å²) in [6.45, 7) is 4.47. The summed E-state index contributed by atoms with van der Waals surface area (Å²) in [4.78, 5) is 11.8. The van der Waals surface area contributed by atoms with Crippen LogP contribution in [0.4, 0.5) is 0 Å². The predicted octanol–water partition coefficient (Wildman–Crippen LogP) is 3.22. The van der Waals surface area contributed by atoms with E-state index >= 15 is 0 Å². The molecule has 4 heteroatoms. The van der Waals surface area contributed by atoms with Gasteiger partial charge in [-0.1, -0.05) is 12.1 Å². The van der Waals surface area contributed by atoms with Crippen LogP contribution in [-0.2, 0) is 10.5 Å². The maximum Gasteiger partial charge on any atom is 0.338 e. The van der Waals surface area contributed by atoms with E-state index in [4.69, 9.17) is 10.5 Å². The molecule has 0 saturated carbocycles. The molecule has 0 bridgehead atoms. The summed E-state index contributed by atoms with van der Waals surface area (Å²) < 4.78 is 5.19. The quantitative estimate of drug-likeness (QED) is 0.587. The maximum atomic E-state index is 11.8. The van der Waals surface area contributed by atoms with Crippen LogP contribution >= 0.6 is 11.8 Å². The monoisotopic (exact) mass is 281 g/mol. The van der Waals surface area contributed by atoms with E-state index < -0.39 is 0 Å². The molecule has 19 heavy (non-hydrogen) atoms. The molecule has 3 nitrogen and oxygen atoms in total. The van der Waals surface area contributed by atoms with Gasteiger partial charge in [-0.2, -0.15) is 11.8 Å². The second kappa shape index (κ2) is 8.99. The van der Waals surface area contributed by atoms with Crippen LogP contribution in [-0.4, -0.2) is 24.4 Å². The second-order valence-corrected chi connectivity index (χ2v) is 5.81. The summed E-state index contributed by atoms with van der Waals surface area (Å²) in [6.07, 6.45) is 2.14. The standard InChI is InChI=1S/C15H23NO2S/c1-12(2)18-15(17)14-7-5-6-13(10-14)11-19-9-4-3-8-16/h5-7,10,12H,3-4,8-9,11,16H2,1-2H3. The minimum Gasteiger partial charge on any atom is -0.459 e. The number of ether oxygens (including phenoxy) is 1. The van der Waals surface area contributed by atoms with Crippen molar-refractivity contribution in [1.82, 2.24) is 0 Å². The molecule has 0 spiro atoms. The van der Waals surface area contributed by atoms with Gasteiger partial charge in [0.25, 0.3) is 0 Å². The molecule has 0 amide bonds. The highest BCUT2D eigenvalue weighted by Crippen LogP contribution is 2.16. The van der Waals surface area contributed by atoms with Crippen molar-refractivity contribution < 1.29 is 9.53 Å². The third kappa shape index (κ3) is 6.64. The fourth-order valence-electron chi connectivity index (χ4n) is 1.61. The lowest BCUT2D eigenvalue weighted by atomic mass is 10.1. The van der Waals surface area contributed by atoms with E-state index in [-0.39, 0.29) is 12.1 Å². The van der Waals surface area contributed by atoms with Gasteiger partial charge in [0.2, 0.25) is 0 Å². The van der Waals surface area contributed by atoms with Crippen LogP contribution in [0.1, 0.15) is 42.6 Å². The molecule has 0 aromatic heterocycles. The van der Waals surface area contributed by atoms with Crippen LogP contribution in [0.15, 0.2) is 24.3 Å². The van der Waals surface area contributed by atoms with E-state index in [1.54, 1.807) is 6.07 Å². The summed E-state index contributed by atoms with van der Waals surface area (Å²) in [5.74, 6) is 1.79. The van der Waals surface area contributed by atoms with Gasteiger partial charge in [-0.3, -0.25) is 0 Å². The van der Waals surface area contributed by atoms with Crippen LogP contribution in [0.25, 0.3) is 0 Å². The van der Waals surface area contributed by atoms with E-state index in [2.05, 4.69) is 0 Å². The molecule has 0 aliphatic carbocycles. The zero-order valence-electron chi connectivity index (χ0n) is 11.7. The van der Waals surface area contributed by atoms with E-state index in [0.717, 1.165) is 36.5 Å². The number of rotatable bonds is 8. The van der Waals surface area contributed by atoms with E-state index in [1.807, 2.05) is 43.8 Å². The first kappa shape index (κ1) is 16.1. The van der Waals surface area contributed by atoms with Crippen LogP contribution in [0.5, 0.6) is 0 Å². The van der Waals surface area contributed by atoms with Gasteiger partial charge in [0.1, 0.15) is 0 Å². The predicted molar refractivity (Wildman–Crippen MR) is 81.4 cm³/mol. The van der Waals surface area contributed by atoms with Gasteiger partial charge < -0.3 is 10.5 Å². The number of carbonyl (C=O) groups is 1. The summed E-state index contributed by atoms with van der Waals surface area (Å²) in [6, 6.07) is 7.67. The molecule has 0 unspecified atom stereocenters. The van der Waals surface area contributed by atoms with E-state index in [9.17, 15) is 4.79 Å². The van der Waals surface area contributed by atoms with Gasteiger partial charge >= 0.3 is 5.97 Å². The van der Waals surface area contributed by atoms with Crippen molar-refractivity contribution >= 4 is 17.7 Å². The molecule has 0 heterocycles. The first-order valence-corrected chi connectivity index (χ1v) is 7.86. The number of hydrogen-bond donors (Lipinski definition) is 1. The molecule has 0 aliphatic heterocycles. The van der Waals surface area contributed by atoms with Gasteiger partial charge in [-0.25, -0.2) is 4.79 Å². The van der Waals surface area contributed by atoms with E-state index in [0.29, 0.717) is 5.56 Å². The highest BCUT2D eigenvalue weighted by molar-refractivity contribution is 7.98. The normalized spacial score (nSPS) is 10.7. The molecule has 2 N–H and O–H groups in total. The maximum absolute atomic E-state index is 11.8. The zero-order valence-corrected chi connectivity index (χ0v) is 12.5. The van der Waals surface area contributed by atoms with Crippen molar-refractivity contribution in [3.8, 4) is 0 Å². The highest BCUT2D eigenvalue weighted by Gasteiger charge is 2.09. The molecule has 0 saturated heterocycles. The Balaban J connectivity index is 2.45. The van der Waals surface area contributed by atoms with Crippen molar-refractivity contribution in [1.29, 1.82) is 0 Å². The van der Waals surface area contributed by atoms with Crippen molar-refractivity contribution in [3.63, 3.8) is 0 Å². The average Bonchev–Trinajstić information content (AvgIpc) is 2.38. The second-order valence-electron chi connectivity index (χ2n) is 4.70. The molecule has 0 atom stereocenters. The SMILES string of the molecule is CC(C)OC(=O)c1cccc(CSCCCCN)c1. The van der Waals surface area contributed by atoms with Crippen LogP contribution in [0.3, 0.4) is 0 Å². The van der Waals surface area contributed by atoms with Crippen molar-refractivity contribution in [2.24, 2.45) is 5.73 Å². The Morgan fingerprint density at radius 3 is 2.84 bits per heavy atom. The summed E-state index contributed by atoms with van der Waals surface area (Å²) in [7, 11) is 0. The lowest BCUT2D eigenvalue weighted by molar-refractivity contribution is 0.0378. The fourth-order valence-corrected chi connectivity index (χ4v) is 2.58. The summed E-state index contributed by atoms with van der Waals surface area (Å²) in [5, 5.41) is 0. The van der Waals surface area contributed by atoms with Crippen molar-refractivity contribution in [3.05, 3.63) is 35.4 Å².